The third-order valence-electron chi connectivity index (χ3n) is 2.84. The van der Waals surface area contributed by atoms with Crippen LogP contribution in [-0.4, -0.2) is 16.8 Å². The molecule has 0 bridgehead atoms. The molecule has 8 heteroatoms. The lowest BCUT2D eigenvalue weighted by Crippen LogP contribution is -2.30. The summed E-state index contributed by atoms with van der Waals surface area (Å²) in [5.74, 6) is -2.21. The zero-order chi connectivity index (χ0) is 17.0. The van der Waals surface area contributed by atoms with E-state index in [2.05, 4.69) is 10.3 Å². The van der Waals surface area contributed by atoms with E-state index in [1.165, 1.54) is 24.4 Å². The van der Waals surface area contributed by atoms with Gasteiger partial charge < -0.3 is 10.6 Å². The van der Waals surface area contributed by atoms with Crippen LogP contribution >= 0.6 is 0 Å². The van der Waals surface area contributed by atoms with E-state index in [0.717, 1.165) is 17.7 Å². The van der Waals surface area contributed by atoms with E-state index < -0.39 is 29.2 Å². The Bertz CT molecular complexity index is 727. The number of pyridine rings is 1. The zero-order valence-electron chi connectivity index (χ0n) is 11.9. The molecule has 0 saturated carbocycles. The number of aromatic nitrogens is 1. The van der Waals surface area contributed by atoms with Gasteiger partial charge in [0.05, 0.1) is 11.3 Å². The first-order valence-electron chi connectivity index (χ1n) is 6.48. The summed E-state index contributed by atoms with van der Waals surface area (Å²) in [4.78, 5) is 27.3. The second-order valence-corrected chi connectivity index (χ2v) is 4.67. The van der Waals surface area contributed by atoms with Crippen LogP contribution in [0.15, 0.2) is 42.6 Å². The number of carbonyl (C=O) groups excluding carboxylic acids is 2. The van der Waals surface area contributed by atoms with E-state index >= 15 is 0 Å². The number of alkyl halides is 3. The summed E-state index contributed by atoms with van der Waals surface area (Å²) in [5, 5.41) is 4.15. The van der Waals surface area contributed by atoms with Crippen molar-refractivity contribution >= 4 is 23.3 Å². The molecule has 1 aromatic carbocycles. The summed E-state index contributed by atoms with van der Waals surface area (Å²) in [5.41, 5.74) is -0.668. The lowest BCUT2D eigenvalue weighted by Gasteiger charge is -2.13. The Hall–Kier alpha value is -2.90. The molecule has 2 amide bonds. The first kappa shape index (κ1) is 16.5. The van der Waals surface area contributed by atoms with Gasteiger partial charge in [0, 0.05) is 6.20 Å². The highest BCUT2D eigenvalue weighted by Gasteiger charge is 2.34. The van der Waals surface area contributed by atoms with Crippen molar-refractivity contribution in [3.05, 3.63) is 53.7 Å². The van der Waals surface area contributed by atoms with Gasteiger partial charge in [-0.3, -0.25) is 9.59 Å². The standard InChI is InChI=1S/C15H12F3N3O2/c1-9-6-7-12(19-8-9)21-14(23)13(22)20-11-5-3-2-4-10(11)15(16,17)18/h2-8H,1H3,(H,20,22)(H,19,21,23). The number of aryl methyl sites for hydroxylation is 1. The highest BCUT2D eigenvalue weighted by atomic mass is 19.4. The molecule has 2 aromatic rings. The topological polar surface area (TPSA) is 71.1 Å². The van der Waals surface area contributed by atoms with Crippen molar-refractivity contribution in [2.45, 2.75) is 13.1 Å². The van der Waals surface area contributed by atoms with Crippen LogP contribution in [0.3, 0.4) is 0 Å². The number of amides is 2. The summed E-state index contributed by atoms with van der Waals surface area (Å²) in [6.07, 6.45) is -3.16. The highest BCUT2D eigenvalue weighted by molar-refractivity contribution is 6.43. The van der Waals surface area contributed by atoms with Crippen LogP contribution < -0.4 is 10.6 Å². The number of halogens is 3. The zero-order valence-corrected chi connectivity index (χ0v) is 11.9. The van der Waals surface area contributed by atoms with Crippen molar-refractivity contribution in [1.29, 1.82) is 0 Å². The van der Waals surface area contributed by atoms with Crippen LogP contribution in [0, 0.1) is 6.92 Å². The van der Waals surface area contributed by atoms with Crippen LogP contribution in [0.1, 0.15) is 11.1 Å². The molecule has 0 aliphatic heterocycles. The van der Waals surface area contributed by atoms with Crippen molar-refractivity contribution in [2.75, 3.05) is 10.6 Å². The molecule has 5 nitrogen and oxygen atoms in total. The van der Waals surface area contributed by atoms with Gasteiger partial charge in [-0.1, -0.05) is 18.2 Å². The van der Waals surface area contributed by atoms with Gasteiger partial charge in [0.2, 0.25) is 0 Å². The average molecular weight is 323 g/mol. The van der Waals surface area contributed by atoms with Crippen molar-refractivity contribution in [2.24, 2.45) is 0 Å². The molecule has 0 spiro atoms. The van der Waals surface area contributed by atoms with Gasteiger partial charge in [-0.2, -0.15) is 13.2 Å². The largest absolute Gasteiger partial charge is 0.418 e. The molecule has 23 heavy (non-hydrogen) atoms. The Kier molecular flexibility index (Phi) is 4.63. The number of hydrogen-bond donors (Lipinski definition) is 2. The van der Waals surface area contributed by atoms with Gasteiger partial charge in [-0.25, -0.2) is 4.98 Å². The molecule has 1 aromatic heterocycles. The molecule has 0 aliphatic rings. The minimum atomic E-state index is -4.64. The third-order valence-corrected chi connectivity index (χ3v) is 2.84. The van der Waals surface area contributed by atoms with Gasteiger partial charge in [0.1, 0.15) is 5.82 Å². The Labute approximate surface area is 129 Å². The molecule has 2 rings (SSSR count). The fraction of sp³-hybridized carbons (Fsp3) is 0.133. The molecule has 0 unspecified atom stereocenters. The van der Waals surface area contributed by atoms with Gasteiger partial charge in [-0.15, -0.1) is 0 Å². The van der Waals surface area contributed by atoms with Crippen LogP contribution in [0.25, 0.3) is 0 Å². The number of nitrogens with zero attached hydrogens (tertiary/aromatic N) is 1. The summed E-state index contributed by atoms with van der Waals surface area (Å²) < 4.78 is 38.5. The first-order valence-corrected chi connectivity index (χ1v) is 6.48. The maximum atomic E-state index is 12.8. The van der Waals surface area contributed by atoms with Crippen molar-refractivity contribution < 1.29 is 22.8 Å². The molecule has 120 valence electrons. The quantitative estimate of drug-likeness (QED) is 0.835. The number of nitrogens with one attached hydrogen (secondary N) is 2. The van der Waals surface area contributed by atoms with E-state index in [1.54, 1.807) is 13.0 Å². The van der Waals surface area contributed by atoms with Crippen LogP contribution in [0.2, 0.25) is 0 Å². The van der Waals surface area contributed by atoms with Gasteiger partial charge in [0.25, 0.3) is 0 Å². The predicted molar refractivity (Wildman–Crippen MR) is 77.7 cm³/mol. The van der Waals surface area contributed by atoms with Crippen molar-refractivity contribution in [1.82, 2.24) is 4.98 Å². The van der Waals surface area contributed by atoms with E-state index in [1.807, 2.05) is 5.32 Å². The lowest BCUT2D eigenvalue weighted by molar-refractivity contribution is -0.137. The highest BCUT2D eigenvalue weighted by Crippen LogP contribution is 2.34. The summed E-state index contributed by atoms with van der Waals surface area (Å²) in [7, 11) is 0. The minimum absolute atomic E-state index is 0.125. The van der Waals surface area contributed by atoms with Gasteiger partial charge >= 0.3 is 18.0 Å². The van der Waals surface area contributed by atoms with Gasteiger partial charge in [-0.05, 0) is 30.7 Å². The Morgan fingerprint density at radius 1 is 1.00 bits per heavy atom. The molecule has 0 radical (unpaired) electrons. The van der Waals surface area contributed by atoms with Crippen LogP contribution in [-0.2, 0) is 15.8 Å². The number of hydrogen-bond acceptors (Lipinski definition) is 3. The normalized spacial score (nSPS) is 11.0. The molecular formula is C15H12F3N3O2. The second-order valence-electron chi connectivity index (χ2n) is 4.67. The Morgan fingerprint density at radius 3 is 2.26 bits per heavy atom. The monoisotopic (exact) mass is 323 g/mol. The molecule has 0 fully saturated rings. The average Bonchev–Trinajstić information content (AvgIpc) is 2.49. The maximum absolute atomic E-state index is 12.8. The molecule has 0 atom stereocenters. The summed E-state index contributed by atoms with van der Waals surface area (Å²) >= 11 is 0. The SMILES string of the molecule is Cc1ccc(NC(=O)C(=O)Nc2ccccc2C(F)(F)F)nc1. The van der Waals surface area contributed by atoms with E-state index in [9.17, 15) is 22.8 Å². The second kappa shape index (κ2) is 6.47. The fourth-order valence-electron chi connectivity index (χ4n) is 1.73. The molecule has 2 N–H and O–H groups in total. The Morgan fingerprint density at radius 2 is 1.65 bits per heavy atom. The number of carbonyl (C=O) groups is 2. The third kappa shape index (κ3) is 4.29. The first-order chi connectivity index (χ1) is 10.8. The Balaban J connectivity index is 2.10. The molecular weight excluding hydrogens is 311 g/mol. The number of benzene rings is 1. The van der Waals surface area contributed by atoms with Gasteiger partial charge in [0.15, 0.2) is 0 Å². The summed E-state index contributed by atoms with van der Waals surface area (Å²) in [6, 6.07) is 7.54. The van der Waals surface area contributed by atoms with Crippen LogP contribution in [0.4, 0.5) is 24.7 Å². The van der Waals surface area contributed by atoms with E-state index in [0.29, 0.717) is 0 Å². The molecule has 0 aliphatic carbocycles. The minimum Gasteiger partial charge on any atom is -0.317 e. The van der Waals surface area contributed by atoms with E-state index in [-0.39, 0.29) is 5.82 Å². The smallest absolute Gasteiger partial charge is 0.317 e. The number of para-hydroxylation sites is 1. The number of anilines is 2. The van der Waals surface area contributed by atoms with Crippen molar-refractivity contribution in [3.63, 3.8) is 0 Å². The lowest BCUT2D eigenvalue weighted by atomic mass is 10.1. The molecule has 1 heterocycles. The molecule has 0 saturated heterocycles. The fourth-order valence-corrected chi connectivity index (χ4v) is 1.73. The van der Waals surface area contributed by atoms with E-state index in [4.69, 9.17) is 0 Å². The number of rotatable bonds is 2. The van der Waals surface area contributed by atoms with Crippen LogP contribution in [0.5, 0.6) is 0 Å². The maximum Gasteiger partial charge on any atom is 0.418 e. The van der Waals surface area contributed by atoms with Crippen molar-refractivity contribution in [3.8, 4) is 0 Å². The summed E-state index contributed by atoms with van der Waals surface area (Å²) in [6.45, 7) is 1.79. The predicted octanol–water partition coefficient (Wildman–Crippen LogP) is 2.99.